The summed E-state index contributed by atoms with van der Waals surface area (Å²) in [7, 11) is 3.94. The fourth-order valence-corrected chi connectivity index (χ4v) is 2.35. The smallest absolute Gasteiger partial charge is 0.342 e. The van der Waals surface area contributed by atoms with Crippen molar-refractivity contribution in [2.75, 3.05) is 20.7 Å². The predicted molar refractivity (Wildman–Crippen MR) is 78.1 cm³/mol. The van der Waals surface area contributed by atoms with Crippen molar-refractivity contribution >= 4 is 32.9 Å². The Morgan fingerprint density at radius 1 is 1.45 bits per heavy atom. The topological polar surface area (TPSA) is 64.1 Å². The molecule has 0 spiro atoms. The number of benzene rings is 1. The quantitative estimate of drug-likeness (QED) is 0.830. The number of quaternary nitrogens is 1. The van der Waals surface area contributed by atoms with Crippen LogP contribution in [0.4, 0.5) is 0 Å². The summed E-state index contributed by atoms with van der Waals surface area (Å²) in [5.74, 6) is 0.202. The van der Waals surface area contributed by atoms with Crippen molar-refractivity contribution in [3.05, 3.63) is 27.9 Å². The highest BCUT2D eigenvalue weighted by Crippen LogP contribution is 2.34. The lowest BCUT2D eigenvalue weighted by atomic mass is 10.1. The van der Waals surface area contributed by atoms with E-state index in [1.165, 1.54) is 6.07 Å². The molecule has 0 saturated heterocycles. The molecule has 2 N–H and O–H groups in total. The molecule has 0 radical (unpaired) electrons. The van der Waals surface area contributed by atoms with Crippen molar-refractivity contribution in [1.29, 1.82) is 0 Å². The molecule has 0 aliphatic rings. The van der Waals surface area contributed by atoms with Gasteiger partial charge < -0.3 is 19.2 Å². The molecule has 0 bridgehead atoms. The van der Waals surface area contributed by atoms with E-state index in [1.54, 1.807) is 13.0 Å². The van der Waals surface area contributed by atoms with Gasteiger partial charge in [-0.15, -0.1) is 0 Å². The van der Waals surface area contributed by atoms with Gasteiger partial charge in [0.15, 0.2) is 5.76 Å². The molecule has 0 atom stereocenters. The van der Waals surface area contributed by atoms with Crippen LogP contribution in [0, 0.1) is 0 Å². The van der Waals surface area contributed by atoms with Crippen molar-refractivity contribution in [3.8, 4) is 5.75 Å². The van der Waals surface area contributed by atoms with Crippen LogP contribution < -0.4 is 4.90 Å². The van der Waals surface area contributed by atoms with E-state index < -0.39 is 5.97 Å². The molecule has 6 heteroatoms. The number of nitrogens with one attached hydrogen (secondary N) is 1. The van der Waals surface area contributed by atoms with Gasteiger partial charge in [-0.25, -0.2) is 4.79 Å². The first kappa shape index (κ1) is 14.9. The van der Waals surface area contributed by atoms with E-state index in [2.05, 4.69) is 15.9 Å². The van der Waals surface area contributed by atoms with E-state index in [-0.39, 0.29) is 5.75 Å². The fraction of sp³-hybridized carbons (Fsp3) is 0.357. The van der Waals surface area contributed by atoms with Crippen LogP contribution in [0.1, 0.15) is 23.0 Å². The second-order valence-electron chi connectivity index (χ2n) is 4.80. The van der Waals surface area contributed by atoms with E-state index in [9.17, 15) is 9.90 Å². The SMILES string of the molecule is CCOC(=O)c1c(C[NH+](C)C)oc2cc(Br)c(O)cc12. The minimum atomic E-state index is -0.427. The third-order valence-corrected chi connectivity index (χ3v) is 3.46. The van der Waals surface area contributed by atoms with Crippen LogP contribution in [0.3, 0.4) is 0 Å². The lowest BCUT2D eigenvalue weighted by Crippen LogP contribution is -3.04. The number of fused-ring (bicyclic) bond motifs is 1. The number of ether oxygens (including phenoxy) is 1. The van der Waals surface area contributed by atoms with Gasteiger partial charge in [0.1, 0.15) is 23.4 Å². The van der Waals surface area contributed by atoms with Gasteiger partial charge in [0.25, 0.3) is 0 Å². The lowest BCUT2D eigenvalue weighted by Gasteiger charge is -2.06. The second-order valence-corrected chi connectivity index (χ2v) is 5.66. The zero-order chi connectivity index (χ0) is 14.9. The van der Waals surface area contributed by atoms with Crippen molar-refractivity contribution < 1.29 is 24.0 Å². The van der Waals surface area contributed by atoms with Gasteiger partial charge in [0.05, 0.1) is 25.2 Å². The summed E-state index contributed by atoms with van der Waals surface area (Å²) in [6.45, 7) is 2.61. The number of carbonyl (C=O) groups is 1. The van der Waals surface area contributed by atoms with E-state index in [4.69, 9.17) is 9.15 Å². The molecular formula is C14H17BrNO4+. The van der Waals surface area contributed by atoms with Crippen LogP contribution in [-0.4, -0.2) is 31.8 Å². The fourth-order valence-electron chi connectivity index (χ4n) is 2.03. The van der Waals surface area contributed by atoms with E-state index in [0.717, 1.165) is 4.90 Å². The standard InChI is InChI=1S/C14H16BrNO4/c1-4-19-14(18)13-8-5-10(17)9(15)6-11(8)20-12(13)7-16(2)3/h5-6,17H,4,7H2,1-3H3/p+1. The number of aromatic hydroxyl groups is 1. The third kappa shape index (κ3) is 2.81. The summed E-state index contributed by atoms with van der Waals surface area (Å²) in [5, 5.41) is 10.4. The molecule has 108 valence electrons. The largest absolute Gasteiger partial charge is 0.507 e. The van der Waals surface area contributed by atoms with Crippen LogP contribution in [0.5, 0.6) is 5.75 Å². The number of phenolic OH excluding ortho intramolecular Hbond substituents is 1. The molecule has 1 heterocycles. The Bertz CT molecular complexity index is 648. The molecule has 1 aromatic heterocycles. The summed E-state index contributed by atoms with van der Waals surface area (Å²) in [6, 6.07) is 3.17. The maximum atomic E-state index is 12.1. The summed E-state index contributed by atoms with van der Waals surface area (Å²) in [5.41, 5.74) is 0.944. The molecule has 2 aromatic rings. The maximum Gasteiger partial charge on any atom is 0.342 e. The Balaban J connectivity index is 2.64. The summed E-state index contributed by atoms with van der Waals surface area (Å²) >= 11 is 3.24. The van der Waals surface area contributed by atoms with Gasteiger partial charge in [0.2, 0.25) is 0 Å². The molecule has 0 aliphatic carbocycles. The Morgan fingerprint density at radius 2 is 2.15 bits per heavy atom. The number of halogens is 1. The summed E-state index contributed by atoms with van der Waals surface area (Å²) in [6.07, 6.45) is 0. The average molecular weight is 343 g/mol. The molecule has 0 unspecified atom stereocenters. The molecule has 5 nitrogen and oxygen atoms in total. The van der Waals surface area contributed by atoms with Gasteiger partial charge >= 0.3 is 5.97 Å². The normalized spacial score (nSPS) is 11.2. The minimum absolute atomic E-state index is 0.0626. The van der Waals surface area contributed by atoms with Crippen molar-refractivity contribution in [1.82, 2.24) is 0 Å². The predicted octanol–water partition coefficient (Wildman–Crippen LogP) is 1.72. The van der Waals surface area contributed by atoms with E-state index in [0.29, 0.717) is 39.9 Å². The van der Waals surface area contributed by atoms with Crippen LogP contribution in [0.25, 0.3) is 11.0 Å². The minimum Gasteiger partial charge on any atom is -0.507 e. The molecule has 0 aliphatic heterocycles. The van der Waals surface area contributed by atoms with Crippen molar-refractivity contribution in [3.63, 3.8) is 0 Å². The number of phenols is 1. The second kappa shape index (κ2) is 5.85. The number of hydrogen-bond acceptors (Lipinski definition) is 4. The average Bonchev–Trinajstić information content (AvgIpc) is 2.66. The molecule has 1 aromatic carbocycles. The van der Waals surface area contributed by atoms with E-state index in [1.807, 2.05) is 14.1 Å². The summed E-state index contributed by atoms with van der Waals surface area (Å²) in [4.78, 5) is 13.3. The monoisotopic (exact) mass is 342 g/mol. The number of hydrogen-bond donors (Lipinski definition) is 2. The Hall–Kier alpha value is -1.53. The van der Waals surface area contributed by atoms with Gasteiger partial charge in [-0.3, -0.25) is 0 Å². The van der Waals surface area contributed by atoms with Gasteiger partial charge in [-0.1, -0.05) is 0 Å². The molecule has 0 fully saturated rings. The highest BCUT2D eigenvalue weighted by Gasteiger charge is 2.24. The number of furan rings is 1. The van der Waals surface area contributed by atoms with Crippen LogP contribution >= 0.6 is 15.9 Å². The zero-order valence-corrected chi connectivity index (χ0v) is 13.2. The first-order chi connectivity index (χ1) is 9.43. The molecule has 0 saturated carbocycles. The Kier molecular flexibility index (Phi) is 4.35. The molecular weight excluding hydrogens is 326 g/mol. The molecule has 20 heavy (non-hydrogen) atoms. The highest BCUT2D eigenvalue weighted by atomic mass is 79.9. The summed E-state index contributed by atoms with van der Waals surface area (Å²) < 4.78 is 11.4. The van der Waals surface area contributed by atoms with Crippen molar-refractivity contribution in [2.45, 2.75) is 13.5 Å². The molecule has 2 rings (SSSR count). The number of carbonyl (C=O) groups excluding carboxylic acids is 1. The highest BCUT2D eigenvalue weighted by molar-refractivity contribution is 9.10. The first-order valence-corrected chi connectivity index (χ1v) is 7.13. The first-order valence-electron chi connectivity index (χ1n) is 6.34. The number of rotatable bonds is 4. The van der Waals surface area contributed by atoms with Crippen molar-refractivity contribution in [2.24, 2.45) is 0 Å². The van der Waals surface area contributed by atoms with Crippen LogP contribution in [0.2, 0.25) is 0 Å². The maximum absolute atomic E-state index is 12.1. The molecule has 0 amide bonds. The van der Waals surface area contributed by atoms with Gasteiger partial charge in [-0.2, -0.15) is 0 Å². The van der Waals surface area contributed by atoms with Crippen LogP contribution in [0.15, 0.2) is 21.0 Å². The Morgan fingerprint density at radius 3 is 2.75 bits per heavy atom. The zero-order valence-electron chi connectivity index (χ0n) is 11.6. The third-order valence-electron chi connectivity index (χ3n) is 2.82. The lowest BCUT2D eigenvalue weighted by molar-refractivity contribution is -0.873. The van der Waals surface area contributed by atoms with Crippen LogP contribution in [-0.2, 0) is 11.3 Å². The Labute approximate surface area is 125 Å². The van der Waals surface area contributed by atoms with Gasteiger partial charge in [0, 0.05) is 5.39 Å². The number of esters is 1. The van der Waals surface area contributed by atoms with Gasteiger partial charge in [-0.05, 0) is 35.0 Å². The van der Waals surface area contributed by atoms with E-state index >= 15 is 0 Å².